The van der Waals surface area contributed by atoms with E-state index in [0.717, 1.165) is 0 Å². The van der Waals surface area contributed by atoms with E-state index in [4.69, 9.17) is 5.14 Å². The van der Waals surface area contributed by atoms with Crippen molar-refractivity contribution < 1.29 is 8.42 Å². The third-order valence-corrected chi connectivity index (χ3v) is 3.70. The molecular formula is C7H12BrN3O2S. The molecule has 0 unspecified atom stereocenters. The Morgan fingerprint density at radius 3 is 2.21 bits per heavy atom. The fourth-order valence-corrected chi connectivity index (χ4v) is 3.21. The smallest absolute Gasteiger partial charge is 0.242 e. The van der Waals surface area contributed by atoms with Crippen LogP contribution in [-0.4, -0.2) is 18.2 Å². The van der Waals surface area contributed by atoms with E-state index in [-0.39, 0.29) is 15.5 Å². The Balaban J connectivity index is 3.48. The van der Waals surface area contributed by atoms with Gasteiger partial charge in [-0.1, -0.05) is 0 Å². The van der Waals surface area contributed by atoms with Gasteiger partial charge in [0.25, 0.3) is 0 Å². The summed E-state index contributed by atoms with van der Waals surface area (Å²) < 4.78 is 24.3. The van der Waals surface area contributed by atoms with Gasteiger partial charge in [-0.05, 0) is 36.7 Å². The molecule has 0 saturated heterocycles. The zero-order chi connectivity index (χ0) is 11.1. The first-order valence-corrected chi connectivity index (χ1v) is 6.36. The number of aromatic nitrogens is 2. The van der Waals surface area contributed by atoms with E-state index in [1.54, 1.807) is 11.6 Å². The number of halogens is 1. The molecule has 0 aliphatic rings. The molecule has 0 aliphatic heterocycles. The van der Waals surface area contributed by atoms with E-state index in [9.17, 15) is 8.42 Å². The lowest BCUT2D eigenvalue weighted by Crippen LogP contribution is -2.14. The van der Waals surface area contributed by atoms with Crippen molar-refractivity contribution in [3.8, 4) is 0 Å². The van der Waals surface area contributed by atoms with Crippen LogP contribution in [0.15, 0.2) is 9.50 Å². The van der Waals surface area contributed by atoms with E-state index in [1.165, 1.54) is 0 Å². The molecule has 0 atom stereocenters. The van der Waals surface area contributed by atoms with Gasteiger partial charge in [-0.3, -0.25) is 4.68 Å². The first-order chi connectivity index (χ1) is 6.25. The molecule has 0 bridgehead atoms. The number of rotatable bonds is 2. The van der Waals surface area contributed by atoms with Gasteiger partial charge in [0.15, 0.2) is 0 Å². The molecule has 0 radical (unpaired) electrons. The Bertz CT molecular complexity index is 450. The highest BCUT2D eigenvalue weighted by atomic mass is 79.9. The van der Waals surface area contributed by atoms with E-state index in [1.807, 2.05) is 13.8 Å². The standard InChI is InChI=1S/C7H12BrN3O2S/c1-4(2)11-5(3)6(7(8)10-11)14(9,12)13/h4H,1-3H3,(H2,9,12,13). The number of hydrogen-bond donors (Lipinski definition) is 1. The maximum Gasteiger partial charge on any atom is 0.242 e. The number of hydrogen-bond acceptors (Lipinski definition) is 3. The Morgan fingerprint density at radius 2 is 2.00 bits per heavy atom. The van der Waals surface area contributed by atoms with Crippen LogP contribution < -0.4 is 5.14 Å². The highest BCUT2D eigenvalue weighted by Crippen LogP contribution is 2.25. The fraction of sp³-hybridized carbons (Fsp3) is 0.571. The van der Waals surface area contributed by atoms with Crippen molar-refractivity contribution in [2.24, 2.45) is 5.14 Å². The minimum Gasteiger partial charge on any atom is -0.265 e. The second kappa shape index (κ2) is 3.63. The highest BCUT2D eigenvalue weighted by Gasteiger charge is 2.22. The highest BCUT2D eigenvalue weighted by molar-refractivity contribution is 9.10. The summed E-state index contributed by atoms with van der Waals surface area (Å²) in [6, 6.07) is 0.0989. The molecule has 1 heterocycles. The van der Waals surface area contributed by atoms with Gasteiger partial charge >= 0.3 is 0 Å². The zero-order valence-corrected chi connectivity index (χ0v) is 10.6. The van der Waals surface area contributed by atoms with Crippen molar-refractivity contribution in [3.63, 3.8) is 0 Å². The summed E-state index contributed by atoms with van der Waals surface area (Å²) in [7, 11) is -3.71. The van der Waals surface area contributed by atoms with Crippen LogP contribution in [0.2, 0.25) is 0 Å². The second-order valence-corrected chi connectivity index (χ2v) is 5.54. The molecule has 0 saturated carbocycles. The van der Waals surface area contributed by atoms with Gasteiger partial charge in [0, 0.05) is 6.04 Å². The van der Waals surface area contributed by atoms with Gasteiger partial charge in [0.1, 0.15) is 9.50 Å². The normalized spacial score (nSPS) is 12.4. The van der Waals surface area contributed by atoms with Crippen LogP contribution in [0.5, 0.6) is 0 Å². The summed E-state index contributed by atoms with van der Waals surface area (Å²) in [5.74, 6) is 0. The fourth-order valence-electron chi connectivity index (χ4n) is 1.29. The number of nitrogens with zero attached hydrogens (tertiary/aromatic N) is 2. The van der Waals surface area contributed by atoms with E-state index in [0.29, 0.717) is 5.69 Å². The van der Waals surface area contributed by atoms with Crippen molar-refractivity contribution in [2.45, 2.75) is 31.7 Å². The second-order valence-electron chi connectivity index (χ2n) is 3.29. The van der Waals surface area contributed by atoms with Gasteiger partial charge in [0.05, 0.1) is 5.69 Å². The van der Waals surface area contributed by atoms with Gasteiger partial charge in [0.2, 0.25) is 10.0 Å². The lowest BCUT2D eigenvalue weighted by Gasteiger charge is -2.07. The minimum atomic E-state index is -3.71. The molecule has 0 amide bonds. The van der Waals surface area contributed by atoms with Crippen LogP contribution in [0.3, 0.4) is 0 Å². The number of nitrogens with two attached hydrogens (primary N) is 1. The summed E-state index contributed by atoms with van der Waals surface area (Å²) in [4.78, 5) is 0.0613. The Labute approximate surface area is 91.5 Å². The lowest BCUT2D eigenvalue weighted by molar-refractivity contribution is 0.515. The predicted molar refractivity (Wildman–Crippen MR) is 56.4 cm³/mol. The SMILES string of the molecule is Cc1c(S(N)(=O)=O)c(Br)nn1C(C)C. The van der Waals surface area contributed by atoms with Crippen LogP contribution in [-0.2, 0) is 10.0 Å². The van der Waals surface area contributed by atoms with Crippen molar-refractivity contribution in [3.05, 3.63) is 10.3 Å². The van der Waals surface area contributed by atoms with Gasteiger partial charge in [-0.25, -0.2) is 13.6 Å². The van der Waals surface area contributed by atoms with Crippen LogP contribution in [0.25, 0.3) is 0 Å². The summed E-state index contributed by atoms with van der Waals surface area (Å²) in [6.45, 7) is 5.51. The Kier molecular flexibility index (Phi) is 3.03. The monoisotopic (exact) mass is 281 g/mol. The van der Waals surface area contributed by atoms with Crippen molar-refractivity contribution in [1.82, 2.24) is 9.78 Å². The van der Waals surface area contributed by atoms with Gasteiger partial charge < -0.3 is 0 Å². The summed E-state index contributed by atoms with van der Waals surface area (Å²) >= 11 is 3.08. The molecule has 80 valence electrons. The molecular weight excluding hydrogens is 270 g/mol. The van der Waals surface area contributed by atoms with E-state index >= 15 is 0 Å². The summed E-state index contributed by atoms with van der Waals surface area (Å²) in [5, 5.41) is 9.11. The zero-order valence-electron chi connectivity index (χ0n) is 8.15. The van der Waals surface area contributed by atoms with Crippen molar-refractivity contribution in [1.29, 1.82) is 0 Å². The van der Waals surface area contributed by atoms with Crippen LogP contribution in [0.4, 0.5) is 0 Å². The molecule has 14 heavy (non-hydrogen) atoms. The van der Waals surface area contributed by atoms with E-state index in [2.05, 4.69) is 21.0 Å². The topological polar surface area (TPSA) is 78.0 Å². The molecule has 0 aliphatic carbocycles. The molecule has 1 aromatic heterocycles. The van der Waals surface area contributed by atoms with Crippen molar-refractivity contribution >= 4 is 26.0 Å². The average molecular weight is 282 g/mol. The van der Waals surface area contributed by atoms with Gasteiger partial charge in [-0.2, -0.15) is 5.10 Å². The lowest BCUT2D eigenvalue weighted by atomic mass is 10.4. The van der Waals surface area contributed by atoms with Crippen LogP contribution >= 0.6 is 15.9 Å². The molecule has 1 aromatic rings. The largest absolute Gasteiger partial charge is 0.265 e. The minimum absolute atomic E-state index is 0.0613. The Morgan fingerprint density at radius 1 is 1.50 bits per heavy atom. The first kappa shape index (κ1) is 11.7. The molecule has 0 fully saturated rings. The predicted octanol–water partition coefficient (Wildman–Crippen LogP) is 1.18. The summed E-state index contributed by atoms with van der Waals surface area (Å²) in [6.07, 6.45) is 0. The maximum absolute atomic E-state index is 11.2. The molecule has 0 spiro atoms. The number of primary sulfonamides is 1. The molecule has 7 heteroatoms. The van der Waals surface area contributed by atoms with Crippen LogP contribution in [0, 0.1) is 6.92 Å². The quantitative estimate of drug-likeness (QED) is 0.884. The molecule has 0 aromatic carbocycles. The molecule has 2 N–H and O–H groups in total. The van der Waals surface area contributed by atoms with Crippen molar-refractivity contribution in [2.75, 3.05) is 0 Å². The third-order valence-electron chi connectivity index (χ3n) is 1.83. The maximum atomic E-state index is 11.2. The van der Waals surface area contributed by atoms with E-state index < -0.39 is 10.0 Å². The molecule has 5 nitrogen and oxygen atoms in total. The first-order valence-electron chi connectivity index (χ1n) is 4.02. The summed E-state index contributed by atoms with van der Waals surface area (Å²) in [5.41, 5.74) is 0.550. The number of sulfonamides is 1. The third kappa shape index (κ3) is 1.99. The molecule has 1 rings (SSSR count). The average Bonchev–Trinajstić information content (AvgIpc) is 2.24. The van der Waals surface area contributed by atoms with Gasteiger partial charge in [-0.15, -0.1) is 0 Å². The Hall–Kier alpha value is -0.400. The van der Waals surface area contributed by atoms with Crippen LogP contribution in [0.1, 0.15) is 25.6 Å².